The molecule has 0 saturated heterocycles. The maximum absolute atomic E-state index is 10.5. The van der Waals surface area contributed by atoms with Crippen LogP contribution in [0.3, 0.4) is 0 Å². The van der Waals surface area contributed by atoms with Crippen LogP contribution < -0.4 is 11.5 Å². The van der Waals surface area contributed by atoms with Gasteiger partial charge in [-0.05, 0) is 27.2 Å². The highest BCUT2D eigenvalue weighted by molar-refractivity contribution is 5.68. The summed E-state index contributed by atoms with van der Waals surface area (Å²) in [6, 6.07) is 0. The number of carbonyl (C=O) groups is 1. The van der Waals surface area contributed by atoms with Gasteiger partial charge < -0.3 is 16.6 Å². The van der Waals surface area contributed by atoms with E-state index in [1.54, 1.807) is 4.68 Å². The molecule has 6 heteroatoms. The van der Waals surface area contributed by atoms with Crippen molar-refractivity contribution in [2.75, 3.05) is 11.5 Å². The molecule has 1 aromatic rings. The Bertz CT molecular complexity index is 404. The first-order valence-electron chi connectivity index (χ1n) is 5.08. The molecular formula is C10H18N4O2. The molecule has 1 rings (SSSR count). The third kappa shape index (κ3) is 2.44. The molecule has 0 saturated carbocycles. The van der Waals surface area contributed by atoms with Gasteiger partial charge in [0.1, 0.15) is 5.82 Å². The Kier molecular flexibility index (Phi) is 3.11. The second-order valence-corrected chi connectivity index (χ2v) is 4.73. The van der Waals surface area contributed by atoms with E-state index in [4.69, 9.17) is 16.6 Å². The number of nitrogens with zero attached hydrogens (tertiary/aromatic N) is 2. The molecule has 16 heavy (non-hydrogen) atoms. The van der Waals surface area contributed by atoms with Gasteiger partial charge in [0.25, 0.3) is 0 Å². The fourth-order valence-electron chi connectivity index (χ4n) is 1.48. The van der Waals surface area contributed by atoms with Gasteiger partial charge in [-0.25, -0.2) is 4.68 Å². The van der Waals surface area contributed by atoms with Gasteiger partial charge in [0.2, 0.25) is 0 Å². The van der Waals surface area contributed by atoms with Crippen molar-refractivity contribution in [3.8, 4) is 0 Å². The molecule has 0 radical (unpaired) electrons. The molecule has 0 aliphatic rings. The second-order valence-electron chi connectivity index (χ2n) is 4.73. The van der Waals surface area contributed by atoms with Crippen LogP contribution >= 0.6 is 0 Å². The molecule has 0 amide bonds. The lowest BCUT2D eigenvalue weighted by Gasteiger charge is -2.20. The van der Waals surface area contributed by atoms with Crippen molar-refractivity contribution in [2.24, 2.45) is 0 Å². The molecule has 0 bridgehead atoms. The maximum atomic E-state index is 10.5. The average molecular weight is 226 g/mol. The van der Waals surface area contributed by atoms with Gasteiger partial charge >= 0.3 is 5.97 Å². The molecule has 5 N–H and O–H groups in total. The molecule has 1 heterocycles. The summed E-state index contributed by atoms with van der Waals surface area (Å²) in [6.45, 7) is 5.87. The number of nitrogens with two attached hydrogens (primary N) is 2. The summed E-state index contributed by atoms with van der Waals surface area (Å²) < 4.78 is 1.62. The van der Waals surface area contributed by atoms with Crippen LogP contribution in [0.25, 0.3) is 0 Å². The van der Waals surface area contributed by atoms with Gasteiger partial charge in [0.05, 0.1) is 5.54 Å². The van der Waals surface area contributed by atoms with Crippen molar-refractivity contribution >= 4 is 17.6 Å². The first-order chi connectivity index (χ1) is 7.23. The number of aromatic nitrogens is 2. The summed E-state index contributed by atoms with van der Waals surface area (Å²) >= 11 is 0. The van der Waals surface area contributed by atoms with Crippen molar-refractivity contribution in [3.05, 3.63) is 5.56 Å². The summed E-state index contributed by atoms with van der Waals surface area (Å²) in [4.78, 5) is 10.5. The zero-order valence-corrected chi connectivity index (χ0v) is 9.82. The van der Waals surface area contributed by atoms with Crippen molar-refractivity contribution in [2.45, 2.75) is 39.2 Å². The first kappa shape index (κ1) is 12.4. The molecule has 0 atom stereocenters. The lowest BCUT2D eigenvalue weighted by atomic mass is 10.1. The summed E-state index contributed by atoms with van der Waals surface area (Å²) in [5.74, 6) is -0.109. The summed E-state index contributed by atoms with van der Waals surface area (Å²) in [5, 5.41) is 12.8. The number of nitrogen functional groups attached to an aromatic ring is 2. The summed E-state index contributed by atoms with van der Waals surface area (Å²) in [5.41, 5.74) is 12.0. The van der Waals surface area contributed by atoms with Crippen LogP contribution in [0.15, 0.2) is 0 Å². The third-order valence-corrected chi connectivity index (χ3v) is 2.28. The first-order valence-corrected chi connectivity index (χ1v) is 5.08. The van der Waals surface area contributed by atoms with Crippen LogP contribution in [0.5, 0.6) is 0 Å². The smallest absolute Gasteiger partial charge is 0.303 e. The fraction of sp³-hybridized carbons (Fsp3) is 0.600. The highest BCUT2D eigenvalue weighted by Gasteiger charge is 2.22. The zero-order chi connectivity index (χ0) is 12.5. The summed E-state index contributed by atoms with van der Waals surface area (Å²) in [7, 11) is 0. The third-order valence-electron chi connectivity index (χ3n) is 2.28. The van der Waals surface area contributed by atoms with Gasteiger partial charge in [-0.1, -0.05) is 0 Å². The van der Waals surface area contributed by atoms with Crippen LogP contribution in [0.2, 0.25) is 0 Å². The standard InChI is InChI=1S/C10H18N4O2/c1-10(2,3)14-9(12)6(8(11)13-14)4-5-7(15)16/h4-5,12H2,1-3H3,(H2,11,13)(H,15,16). The van der Waals surface area contributed by atoms with Gasteiger partial charge in [0.15, 0.2) is 5.82 Å². The molecule has 0 aromatic carbocycles. The molecular weight excluding hydrogens is 208 g/mol. The number of hydrogen-bond donors (Lipinski definition) is 3. The Morgan fingerprint density at radius 2 is 2.00 bits per heavy atom. The van der Waals surface area contributed by atoms with Crippen molar-refractivity contribution in [3.63, 3.8) is 0 Å². The maximum Gasteiger partial charge on any atom is 0.303 e. The quantitative estimate of drug-likeness (QED) is 0.707. The molecule has 6 nitrogen and oxygen atoms in total. The lowest BCUT2D eigenvalue weighted by Crippen LogP contribution is -2.25. The predicted molar refractivity (Wildman–Crippen MR) is 62.0 cm³/mol. The Morgan fingerprint density at radius 1 is 1.44 bits per heavy atom. The van der Waals surface area contributed by atoms with Crippen molar-refractivity contribution in [1.82, 2.24) is 9.78 Å². The molecule has 0 spiro atoms. The SMILES string of the molecule is CC(C)(C)n1nc(N)c(CCC(=O)O)c1N. The Labute approximate surface area is 94.2 Å². The number of aliphatic carboxylic acids is 1. The number of rotatable bonds is 3. The molecule has 0 fully saturated rings. The number of hydrogen-bond acceptors (Lipinski definition) is 4. The van der Waals surface area contributed by atoms with Gasteiger partial charge in [0, 0.05) is 12.0 Å². The van der Waals surface area contributed by atoms with Crippen LogP contribution in [-0.2, 0) is 16.8 Å². The lowest BCUT2D eigenvalue weighted by molar-refractivity contribution is -0.136. The van der Waals surface area contributed by atoms with Crippen LogP contribution in [0, 0.1) is 0 Å². The van der Waals surface area contributed by atoms with E-state index < -0.39 is 5.97 Å². The van der Waals surface area contributed by atoms with E-state index in [1.807, 2.05) is 20.8 Å². The summed E-state index contributed by atoms with van der Waals surface area (Å²) in [6.07, 6.45) is 0.313. The monoisotopic (exact) mass is 226 g/mol. The molecule has 0 aliphatic carbocycles. The van der Waals surface area contributed by atoms with Crippen molar-refractivity contribution < 1.29 is 9.90 Å². The van der Waals surface area contributed by atoms with Crippen molar-refractivity contribution in [1.29, 1.82) is 0 Å². The Morgan fingerprint density at radius 3 is 2.38 bits per heavy atom. The van der Waals surface area contributed by atoms with Crippen LogP contribution in [0.4, 0.5) is 11.6 Å². The number of carboxylic acids is 1. The van der Waals surface area contributed by atoms with E-state index in [1.165, 1.54) is 0 Å². The molecule has 0 unspecified atom stereocenters. The van der Waals surface area contributed by atoms with Crippen LogP contribution in [-0.4, -0.2) is 20.9 Å². The minimum absolute atomic E-state index is 0.00420. The van der Waals surface area contributed by atoms with E-state index in [0.29, 0.717) is 23.6 Å². The molecule has 90 valence electrons. The average Bonchev–Trinajstić information content (AvgIpc) is 2.38. The molecule has 1 aromatic heterocycles. The Balaban J connectivity index is 3.03. The second kappa shape index (κ2) is 4.03. The number of anilines is 2. The van der Waals surface area contributed by atoms with E-state index in [9.17, 15) is 4.79 Å². The van der Waals surface area contributed by atoms with Gasteiger partial charge in [-0.15, -0.1) is 0 Å². The molecule has 0 aliphatic heterocycles. The predicted octanol–water partition coefficient (Wildman–Crippen LogP) is 0.820. The number of carboxylic acid groups (broad SMARTS) is 1. The van der Waals surface area contributed by atoms with Gasteiger partial charge in [-0.2, -0.15) is 5.10 Å². The minimum atomic E-state index is -0.873. The topological polar surface area (TPSA) is 107 Å². The highest BCUT2D eigenvalue weighted by Crippen LogP contribution is 2.26. The van der Waals surface area contributed by atoms with E-state index in [-0.39, 0.29) is 12.0 Å². The van der Waals surface area contributed by atoms with E-state index in [2.05, 4.69) is 5.10 Å². The normalized spacial score (nSPS) is 11.7. The van der Waals surface area contributed by atoms with Gasteiger partial charge in [-0.3, -0.25) is 4.79 Å². The van der Waals surface area contributed by atoms with E-state index in [0.717, 1.165) is 0 Å². The highest BCUT2D eigenvalue weighted by atomic mass is 16.4. The fourth-order valence-corrected chi connectivity index (χ4v) is 1.48. The minimum Gasteiger partial charge on any atom is -0.481 e. The zero-order valence-electron chi connectivity index (χ0n) is 9.82. The Hall–Kier alpha value is -1.72. The largest absolute Gasteiger partial charge is 0.481 e. The van der Waals surface area contributed by atoms with Crippen LogP contribution in [0.1, 0.15) is 32.8 Å². The van der Waals surface area contributed by atoms with E-state index >= 15 is 0 Å².